The van der Waals surface area contributed by atoms with Crippen LogP contribution in [0.25, 0.3) is 70.7 Å². The van der Waals surface area contributed by atoms with Crippen LogP contribution in [0, 0.1) is 26.0 Å². The third-order valence-electron chi connectivity index (χ3n) is 11.0. The van der Waals surface area contributed by atoms with Crippen molar-refractivity contribution >= 4 is 55.8 Å². The zero-order chi connectivity index (χ0) is 40.7. The average molecular weight is 982 g/mol. The van der Waals surface area contributed by atoms with Crippen LogP contribution < -0.4 is 5.19 Å². The molecule has 0 bridgehead atoms. The molecule has 1 radical (unpaired) electrons. The molecule has 0 saturated heterocycles. The van der Waals surface area contributed by atoms with Crippen LogP contribution >= 0.6 is 11.3 Å². The summed E-state index contributed by atoms with van der Waals surface area (Å²) in [6.07, 6.45) is 2.02. The average Bonchev–Trinajstić information content (AvgIpc) is 3.80. The molecule has 0 amide bonds. The molecule has 0 spiro atoms. The van der Waals surface area contributed by atoms with E-state index in [9.17, 15) is 0 Å². The molecule has 3 heterocycles. The Hall–Kier alpha value is -4.97. The maximum atomic E-state index is 5.35. The minimum atomic E-state index is -1.23. The Kier molecular flexibility index (Phi) is 12.4. The first-order valence-electron chi connectivity index (χ1n) is 20.4. The number of aromatic nitrogens is 3. The van der Waals surface area contributed by atoms with E-state index in [0.29, 0.717) is 11.8 Å². The van der Waals surface area contributed by atoms with Crippen molar-refractivity contribution in [2.24, 2.45) is 0 Å². The molecule has 0 aliphatic heterocycles. The number of rotatable bonds is 7. The normalized spacial score (nSPS) is 11.6. The van der Waals surface area contributed by atoms with E-state index in [-0.39, 0.29) is 20.1 Å². The van der Waals surface area contributed by atoms with E-state index in [2.05, 4.69) is 186 Å². The van der Waals surface area contributed by atoms with Gasteiger partial charge in [-0.2, -0.15) is 11.3 Å². The van der Waals surface area contributed by atoms with Gasteiger partial charge in [-0.1, -0.05) is 132 Å². The summed E-state index contributed by atoms with van der Waals surface area (Å²) in [5.74, 6) is 1.61. The fourth-order valence-electron chi connectivity index (χ4n) is 7.84. The van der Waals surface area contributed by atoms with Crippen LogP contribution in [0.4, 0.5) is 0 Å². The monoisotopic (exact) mass is 982 g/mol. The van der Waals surface area contributed by atoms with Gasteiger partial charge in [-0.3, -0.25) is 4.98 Å². The van der Waals surface area contributed by atoms with Gasteiger partial charge in [0.2, 0.25) is 0 Å². The largest absolute Gasteiger partial charge is 0.333 e. The second-order valence-electron chi connectivity index (χ2n) is 17.0. The summed E-state index contributed by atoms with van der Waals surface area (Å²) >= 11 is 1.86. The number of aryl methyl sites for hydroxylation is 2. The predicted octanol–water partition coefficient (Wildman–Crippen LogP) is 14.5. The van der Waals surface area contributed by atoms with E-state index >= 15 is 0 Å². The first-order valence-corrected chi connectivity index (χ1v) is 24.7. The van der Waals surface area contributed by atoms with Gasteiger partial charge >= 0.3 is 0 Å². The minimum absolute atomic E-state index is 0. The molecule has 6 heteroatoms. The van der Waals surface area contributed by atoms with Crippen molar-refractivity contribution in [3.8, 4) is 39.5 Å². The molecule has 6 aromatic carbocycles. The van der Waals surface area contributed by atoms with E-state index in [1.165, 1.54) is 64.4 Å². The Morgan fingerprint density at radius 3 is 2.05 bits per heavy atom. The quantitative estimate of drug-likeness (QED) is 0.118. The maximum absolute atomic E-state index is 5.35. The van der Waals surface area contributed by atoms with Gasteiger partial charge < -0.3 is 9.55 Å². The number of para-hydroxylation sites is 2. The molecule has 0 fully saturated rings. The second kappa shape index (κ2) is 17.3. The first kappa shape index (κ1) is 42.2. The smallest absolute Gasteiger partial charge is 0.0795 e. The van der Waals surface area contributed by atoms with E-state index in [4.69, 9.17) is 4.98 Å². The Morgan fingerprint density at radius 1 is 0.712 bits per heavy atom. The van der Waals surface area contributed by atoms with Crippen LogP contribution in [0.1, 0.15) is 61.8 Å². The third kappa shape index (κ3) is 8.42. The standard InChI is InChI=1S/C39H35N2S.C14H16NSi.Ir/c1-23(2)31-21-28(27-12-8-7-9-13-27)22-32(24(3)4)37(31)41-34-15-11-10-14-33(34)40-39(41)30-19-17-26(6)36-29-18-16-25(5)20-35(29)42-38(30)36;1-16(2,3)13-9-10-14(15-11-13)12-7-5-4-6-8-12;/h7-18,20-24H,1-6H3;4-7,9-11H,1-3H3;/q2*-1;. The van der Waals surface area contributed by atoms with Gasteiger partial charge in [-0.05, 0) is 97.9 Å². The summed E-state index contributed by atoms with van der Waals surface area (Å²) in [5, 5.41) is 4.02. The number of thiophene rings is 1. The molecule has 0 aliphatic rings. The number of hydrogen-bond acceptors (Lipinski definition) is 3. The van der Waals surface area contributed by atoms with Crippen molar-refractivity contribution in [1.29, 1.82) is 0 Å². The zero-order valence-electron chi connectivity index (χ0n) is 35.4. The Bertz CT molecular complexity index is 2860. The molecule has 0 N–H and O–H groups in total. The maximum Gasteiger partial charge on any atom is 0.0795 e. The number of nitrogens with zero attached hydrogens (tertiary/aromatic N) is 3. The zero-order valence-corrected chi connectivity index (χ0v) is 39.7. The van der Waals surface area contributed by atoms with E-state index in [0.717, 1.165) is 33.7 Å². The van der Waals surface area contributed by atoms with Crippen LogP contribution in [0.2, 0.25) is 19.6 Å². The number of fused-ring (bicyclic) bond motifs is 4. The number of imidazole rings is 1. The number of pyridine rings is 1. The Labute approximate surface area is 368 Å². The van der Waals surface area contributed by atoms with Gasteiger partial charge in [0.25, 0.3) is 0 Å². The third-order valence-corrected chi connectivity index (χ3v) is 14.2. The molecule has 3 nitrogen and oxygen atoms in total. The van der Waals surface area contributed by atoms with Crippen molar-refractivity contribution in [2.45, 2.75) is 73.0 Å². The van der Waals surface area contributed by atoms with Crippen LogP contribution in [-0.2, 0) is 20.1 Å². The Balaban J connectivity index is 0.000000262. The minimum Gasteiger partial charge on any atom is -0.333 e. The molecule has 9 aromatic rings. The summed E-state index contributed by atoms with van der Waals surface area (Å²) in [6, 6.07) is 52.2. The summed E-state index contributed by atoms with van der Waals surface area (Å²) in [7, 11) is -1.23. The van der Waals surface area contributed by atoms with Crippen molar-refractivity contribution in [3.63, 3.8) is 0 Å². The summed E-state index contributed by atoms with van der Waals surface area (Å²) < 4.78 is 5.00. The molecule has 9 rings (SSSR count). The van der Waals surface area contributed by atoms with Gasteiger partial charge in [0.1, 0.15) is 0 Å². The van der Waals surface area contributed by atoms with Crippen molar-refractivity contribution in [2.75, 3.05) is 0 Å². The Morgan fingerprint density at radius 2 is 1.41 bits per heavy atom. The summed E-state index contributed by atoms with van der Waals surface area (Å²) in [6.45, 7) is 20.6. The predicted molar refractivity (Wildman–Crippen MR) is 253 cm³/mol. The topological polar surface area (TPSA) is 30.7 Å². The molecule has 59 heavy (non-hydrogen) atoms. The van der Waals surface area contributed by atoms with Gasteiger partial charge in [0.05, 0.1) is 24.9 Å². The van der Waals surface area contributed by atoms with Gasteiger partial charge in [-0.25, -0.2) is 0 Å². The van der Waals surface area contributed by atoms with Gasteiger partial charge in [-0.15, -0.1) is 53.6 Å². The van der Waals surface area contributed by atoms with E-state index < -0.39 is 8.07 Å². The van der Waals surface area contributed by atoms with Gasteiger partial charge in [0.15, 0.2) is 0 Å². The SMILES string of the molecule is C[Si](C)(C)c1ccc(-c2[c-]cccc2)nc1.Cc1ccc2c(c1)sc1c(-c3nc4ccccc4n3-c3c(C(C)C)cc(-c4ccccc4)cc3C(C)C)[c-]cc(C)c12.[Ir]. The van der Waals surface area contributed by atoms with Crippen LogP contribution in [0.15, 0.2) is 134 Å². The summed E-state index contributed by atoms with van der Waals surface area (Å²) in [4.78, 5) is 9.87. The molecule has 3 aromatic heterocycles. The van der Waals surface area contributed by atoms with E-state index in [1.54, 1.807) is 0 Å². The van der Waals surface area contributed by atoms with Crippen molar-refractivity contribution < 1.29 is 20.1 Å². The first-order chi connectivity index (χ1) is 27.9. The number of hydrogen-bond donors (Lipinski definition) is 0. The van der Waals surface area contributed by atoms with E-state index in [1.807, 2.05) is 41.8 Å². The molecular formula is C53H51IrN3SSi-2. The van der Waals surface area contributed by atoms with Crippen molar-refractivity contribution in [3.05, 3.63) is 168 Å². The van der Waals surface area contributed by atoms with Crippen molar-refractivity contribution in [1.82, 2.24) is 14.5 Å². The molecular weight excluding hydrogens is 931 g/mol. The second-order valence-corrected chi connectivity index (χ2v) is 23.2. The van der Waals surface area contributed by atoms with Gasteiger partial charge in [0, 0.05) is 36.7 Å². The molecule has 0 atom stereocenters. The molecule has 299 valence electrons. The molecule has 0 unspecified atom stereocenters. The van der Waals surface area contributed by atoms with Crippen LogP contribution in [0.5, 0.6) is 0 Å². The number of benzene rings is 6. The fourth-order valence-corrected chi connectivity index (χ4v) is 10.2. The summed E-state index contributed by atoms with van der Waals surface area (Å²) in [5.41, 5.74) is 14.2. The molecule has 0 saturated carbocycles. The van der Waals surface area contributed by atoms with Crippen LogP contribution in [0.3, 0.4) is 0 Å². The van der Waals surface area contributed by atoms with Crippen LogP contribution in [-0.4, -0.2) is 22.6 Å². The fraction of sp³-hybridized carbons (Fsp3) is 0.208. The molecule has 0 aliphatic carbocycles.